The first-order valence-electron chi connectivity index (χ1n) is 2.24. The van der Waals surface area contributed by atoms with E-state index < -0.39 is 6.28 Å². The van der Waals surface area contributed by atoms with Gasteiger partial charge in [0.05, 0.1) is 0 Å². The Labute approximate surface area is 60.7 Å². The topological polar surface area (TPSA) is 9.23 Å². The first-order chi connectivity index (χ1) is 3.42. The number of rotatable bonds is 1. The molecule has 0 amide bonds. The summed E-state index contributed by atoms with van der Waals surface area (Å²) < 4.78 is 5.08. The largest absolute Gasteiger partial charge is 0.462 e. The van der Waals surface area contributed by atoms with Gasteiger partial charge in [0.1, 0.15) is 5.60 Å². The first kappa shape index (κ1) is 8.77. The summed E-state index contributed by atoms with van der Waals surface area (Å²) in [6.45, 7) is 5.78. The zero-order valence-electron chi connectivity index (χ0n) is 5.14. The van der Waals surface area contributed by atoms with E-state index in [0.717, 1.165) is 0 Å². The Hall–Kier alpha value is 0.770. The van der Waals surface area contributed by atoms with Gasteiger partial charge in [-0.3, -0.25) is 0 Å². The lowest BCUT2D eigenvalue weighted by Gasteiger charge is -2.07. The zero-order valence-corrected chi connectivity index (χ0v) is 7.61. The highest BCUT2D eigenvalue weighted by Gasteiger charge is 2.21. The second-order valence-electron chi connectivity index (χ2n) is 2.42. The third kappa shape index (κ3) is 6.77. The maximum atomic E-state index is 5.42. The van der Waals surface area contributed by atoms with Crippen LogP contribution in [-0.2, 0) is 16.3 Å². The van der Waals surface area contributed by atoms with Gasteiger partial charge in [-0.25, -0.2) is 0 Å². The van der Waals surface area contributed by atoms with Gasteiger partial charge in [-0.15, -0.1) is 4.52 Å². The Bertz CT molecular complexity index is 98.7. The number of hydrogen-bond acceptors (Lipinski definition) is 2. The quantitative estimate of drug-likeness (QED) is 0.561. The number of hydrogen-bond donors (Lipinski definition) is 0. The molecule has 0 spiro atoms. The van der Waals surface area contributed by atoms with Crippen molar-refractivity contribution in [1.29, 1.82) is 0 Å². The lowest BCUT2D eigenvalue weighted by Crippen LogP contribution is -2.13. The maximum absolute atomic E-state index is 5.42. The summed E-state index contributed by atoms with van der Waals surface area (Å²) in [6, 6.07) is 0. The minimum absolute atomic E-state index is 0.185. The van der Waals surface area contributed by atoms with Crippen LogP contribution in [0.3, 0.4) is 0 Å². The molecule has 1 atom stereocenters. The normalized spacial score (nSPS) is 13.8. The minimum atomic E-state index is -1.13. The Kier molecular flexibility index (Phi) is 3.37. The van der Waals surface area contributed by atoms with Gasteiger partial charge in [-0.1, -0.05) is 0 Å². The molecule has 8 heavy (non-hydrogen) atoms. The molecule has 0 aromatic rings. The van der Waals surface area contributed by atoms with E-state index in [1.165, 1.54) is 0 Å². The molecule has 0 aromatic heterocycles. The molecule has 0 saturated carbocycles. The highest BCUT2D eigenvalue weighted by atomic mass is 35.7. The molecule has 0 aliphatic rings. The molecule has 0 radical (unpaired) electrons. The molecule has 0 heterocycles. The van der Waals surface area contributed by atoms with Crippen LogP contribution in [0.2, 0.25) is 0 Å². The fourth-order valence-corrected chi connectivity index (χ4v) is 1.94. The lowest BCUT2D eigenvalue weighted by molar-refractivity contribution is 0.160. The molecule has 1 nitrogen and oxygen atoms in total. The van der Waals surface area contributed by atoms with Crippen molar-refractivity contribution < 1.29 is 4.52 Å². The standard InChI is InChI=1S/C4H9ClOPS/c1-4(2,3)6-7(5)8/h1-3H3/q+1. The van der Waals surface area contributed by atoms with Crippen molar-refractivity contribution in [3.05, 3.63) is 0 Å². The van der Waals surface area contributed by atoms with Gasteiger partial charge in [0.25, 0.3) is 0 Å². The molecule has 0 aliphatic carbocycles. The lowest BCUT2D eigenvalue weighted by atomic mass is 10.2. The van der Waals surface area contributed by atoms with Gasteiger partial charge in [0, 0.05) is 0 Å². The van der Waals surface area contributed by atoms with Crippen molar-refractivity contribution in [3.8, 4) is 0 Å². The SMILES string of the molecule is CC(C)(C)O[P+](=S)Cl. The van der Waals surface area contributed by atoms with Crippen molar-refractivity contribution in [2.24, 2.45) is 0 Å². The molecule has 0 aromatic carbocycles. The van der Waals surface area contributed by atoms with E-state index in [1.807, 2.05) is 20.8 Å². The van der Waals surface area contributed by atoms with Crippen LogP contribution in [0, 0.1) is 0 Å². The Morgan fingerprint density at radius 1 is 1.50 bits per heavy atom. The van der Waals surface area contributed by atoms with Crippen LogP contribution in [0.15, 0.2) is 0 Å². The van der Waals surface area contributed by atoms with E-state index in [4.69, 9.17) is 15.8 Å². The van der Waals surface area contributed by atoms with Crippen molar-refractivity contribution in [3.63, 3.8) is 0 Å². The van der Waals surface area contributed by atoms with Crippen LogP contribution in [0.4, 0.5) is 0 Å². The van der Waals surface area contributed by atoms with Crippen LogP contribution in [0.1, 0.15) is 20.8 Å². The molecule has 0 rings (SSSR count). The monoisotopic (exact) mass is 171 g/mol. The van der Waals surface area contributed by atoms with E-state index >= 15 is 0 Å². The molecule has 0 N–H and O–H groups in total. The third-order valence-electron chi connectivity index (χ3n) is 0.346. The van der Waals surface area contributed by atoms with Gasteiger partial charge in [-0.2, -0.15) is 0 Å². The van der Waals surface area contributed by atoms with Gasteiger partial charge < -0.3 is 0 Å². The van der Waals surface area contributed by atoms with Crippen molar-refractivity contribution in [1.82, 2.24) is 0 Å². The molecular formula is C4H9ClOPS+. The van der Waals surface area contributed by atoms with Gasteiger partial charge >= 0.3 is 6.28 Å². The molecule has 48 valence electrons. The summed E-state index contributed by atoms with van der Waals surface area (Å²) in [5.41, 5.74) is -0.185. The van der Waals surface area contributed by atoms with Crippen molar-refractivity contribution >= 4 is 29.3 Å². The summed E-state index contributed by atoms with van der Waals surface area (Å²) in [5, 5.41) is 0. The van der Waals surface area contributed by atoms with Gasteiger partial charge in [0.15, 0.2) is 0 Å². The molecule has 0 aliphatic heterocycles. The predicted molar refractivity (Wildman–Crippen MR) is 41.0 cm³/mol. The van der Waals surface area contributed by atoms with Crippen LogP contribution >= 0.6 is 17.5 Å². The molecule has 0 bridgehead atoms. The van der Waals surface area contributed by atoms with E-state index in [9.17, 15) is 0 Å². The van der Waals surface area contributed by atoms with E-state index in [2.05, 4.69) is 11.8 Å². The highest BCUT2D eigenvalue weighted by molar-refractivity contribution is 8.14. The zero-order chi connectivity index (χ0) is 6.78. The summed E-state index contributed by atoms with van der Waals surface area (Å²) in [5.74, 6) is 0. The first-order valence-corrected chi connectivity index (χ1v) is 5.42. The van der Waals surface area contributed by atoms with Crippen LogP contribution in [0.25, 0.3) is 0 Å². The smallest absolute Gasteiger partial charge is 0.148 e. The number of halogens is 1. The highest BCUT2D eigenvalue weighted by Crippen LogP contribution is 2.34. The minimum Gasteiger partial charge on any atom is -0.148 e. The molecular weight excluding hydrogens is 163 g/mol. The predicted octanol–water partition coefficient (Wildman–Crippen LogP) is 2.81. The fourth-order valence-electron chi connectivity index (χ4n) is 0.215. The Morgan fingerprint density at radius 2 is 1.88 bits per heavy atom. The second kappa shape index (κ2) is 3.07. The maximum Gasteiger partial charge on any atom is 0.462 e. The van der Waals surface area contributed by atoms with E-state index in [0.29, 0.717) is 0 Å². The summed E-state index contributed by atoms with van der Waals surface area (Å²) >= 11 is 10.1. The Morgan fingerprint density at radius 3 is 1.88 bits per heavy atom. The summed E-state index contributed by atoms with van der Waals surface area (Å²) in [6.07, 6.45) is -1.13. The average molecular weight is 172 g/mol. The average Bonchev–Trinajstić information content (AvgIpc) is 1.21. The fraction of sp³-hybridized carbons (Fsp3) is 1.00. The molecule has 1 unspecified atom stereocenters. The Balaban J connectivity index is 3.55. The van der Waals surface area contributed by atoms with Crippen molar-refractivity contribution in [2.45, 2.75) is 26.4 Å². The van der Waals surface area contributed by atoms with Crippen LogP contribution in [0.5, 0.6) is 0 Å². The third-order valence-corrected chi connectivity index (χ3v) is 1.47. The van der Waals surface area contributed by atoms with Gasteiger partial charge in [-0.05, 0) is 20.8 Å². The van der Waals surface area contributed by atoms with E-state index in [1.54, 1.807) is 0 Å². The van der Waals surface area contributed by atoms with Crippen molar-refractivity contribution in [2.75, 3.05) is 0 Å². The summed E-state index contributed by atoms with van der Waals surface area (Å²) in [7, 11) is 0. The molecule has 0 saturated heterocycles. The van der Waals surface area contributed by atoms with Crippen LogP contribution < -0.4 is 0 Å². The summed E-state index contributed by atoms with van der Waals surface area (Å²) in [4.78, 5) is 0. The van der Waals surface area contributed by atoms with Gasteiger partial charge in [0.2, 0.25) is 23.0 Å². The molecule has 4 heteroatoms. The van der Waals surface area contributed by atoms with Crippen LogP contribution in [-0.4, -0.2) is 5.60 Å². The molecule has 0 fully saturated rings. The van der Waals surface area contributed by atoms with E-state index in [-0.39, 0.29) is 5.60 Å². The second-order valence-corrected chi connectivity index (χ2v) is 5.54.